The Balaban J connectivity index is 1.36. The lowest BCUT2D eigenvalue weighted by molar-refractivity contribution is 0.0300. The fourth-order valence-corrected chi connectivity index (χ4v) is 4.12. The van der Waals surface area contributed by atoms with Crippen LogP contribution in [0, 0.1) is 5.92 Å². The van der Waals surface area contributed by atoms with E-state index >= 15 is 0 Å². The average Bonchev–Trinajstić information content (AvgIpc) is 2.77. The van der Waals surface area contributed by atoms with E-state index in [0.717, 1.165) is 40.2 Å². The molecule has 1 atom stereocenters. The Kier molecular flexibility index (Phi) is 6.20. The minimum atomic E-state index is -0.0423. The first-order valence-electron chi connectivity index (χ1n) is 10.2. The lowest BCUT2D eigenvalue weighted by atomic mass is 9.84. The number of fused-ring (bicyclic) bond motifs is 1. The van der Waals surface area contributed by atoms with Crippen LogP contribution in [0.5, 0.6) is 5.75 Å². The first-order chi connectivity index (χ1) is 13.8. The van der Waals surface area contributed by atoms with Crippen LogP contribution in [0.3, 0.4) is 0 Å². The lowest BCUT2D eigenvalue weighted by Gasteiger charge is -2.25. The molecule has 0 bridgehead atoms. The zero-order valence-electron chi connectivity index (χ0n) is 16.2. The van der Waals surface area contributed by atoms with Gasteiger partial charge in [-0.25, -0.2) is 10.9 Å². The Morgan fingerprint density at radius 3 is 2.50 bits per heavy atom. The van der Waals surface area contributed by atoms with Gasteiger partial charge in [0.2, 0.25) is 0 Å². The first-order valence-corrected chi connectivity index (χ1v) is 10.2. The molecule has 0 saturated heterocycles. The standard InChI is InChI=1S/C24H28N2O2/c25-28-24(16-18-6-2-1-3-7-18)20-11-14-22(15-12-20)27-17-21-13-10-19-8-4-5-9-23(19)26-21/h4-5,8-15,18,24H,1-3,6-7,16-17,25H2. The molecule has 4 nitrogen and oxygen atoms in total. The van der Waals surface area contributed by atoms with Gasteiger partial charge in [-0.05, 0) is 42.2 Å². The third-order valence-corrected chi connectivity index (χ3v) is 5.73. The van der Waals surface area contributed by atoms with E-state index in [1.54, 1.807) is 0 Å². The van der Waals surface area contributed by atoms with Crippen molar-refractivity contribution in [1.29, 1.82) is 0 Å². The highest BCUT2D eigenvalue weighted by molar-refractivity contribution is 5.78. The molecule has 28 heavy (non-hydrogen) atoms. The molecule has 1 heterocycles. The second kappa shape index (κ2) is 9.18. The molecule has 0 radical (unpaired) electrons. The monoisotopic (exact) mass is 376 g/mol. The number of nitrogens with zero attached hydrogens (tertiary/aromatic N) is 1. The van der Waals surface area contributed by atoms with E-state index in [2.05, 4.69) is 29.2 Å². The second-order valence-corrected chi connectivity index (χ2v) is 7.72. The smallest absolute Gasteiger partial charge is 0.130 e. The summed E-state index contributed by atoms with van der Waals surface area (Å²) in [6.45, 7) is 0.447. The van der Waals surface area contributed by atoms with E-state index in [0.29, 0.717) is 6.61 Å². The van der Waals surface area contributed by atoms with Gasteiger partial charge in [0, 0.05) is 5.39 Å². The zero-order chi connectivity index (χ0) is 19.2. The van der Waals surface area contributed by atoms with Crippen LogP contribution in [0.2, 0.25) is 0 Å². The third-order valence-electron chi connectivity index (χ3n) is 5.73. The van der Waals surface area contributed by atoms with Gasteiger partial charge in [0.15, 0.2) is 0 Å². The predicted octanol–water partition coefficient (Wildman–Crippen LogP) is 5.72. The fraction of sp³-hybridized carbons (Fsp3) is 0.375. The van der Waals surface area contributed by atoms with Crippen molar-refractivity contribution in [3.8, 4) is 5.75 Å². The summed E-state index contributed by atoms with van der Waals surface area (Å²) in [5.74, 6) is 7.15. The van der Waals surface area contributed by atoms with E-state index in [-0.39, 0.29) is 6.10 Å². The number of pyridine rings is 1. The van der Waals surface area contributed by atoms with Crippen LogP contribution < -0.4 is 10.6 Å². The van der Waals surface area contributed by atoms with Crippen molar-refractivity contribution < 1.29 is 9.57 Å². The van der Waals surface area contributed by atoms with Crippen LogP contribution in [-0.2, 0) is 11.4 Å². The van der Waals surface area contributed by atoms with E-state index in [1.165, 1.54) is 32.1 Å². The normalized spacial score (nSPS) is 16.2. The Morgan fingerprint density at radius 2 is 1.71 bits per heavy atom. The minimum Gasteiger partial charge on any atom is -0.487 e. The van der Waals surface area contributed by atoms with Gasteiger partial charge in [-0.1, -0.05) is 68.5 Å². The van der Waals surface area contributed by atoms with E-state index in [4.69, 9.17) is 15.5 Å². The van der Waals surface area contributed by atoms with Crippen LogP contribution in [-0.4, -0.2) is 4.98 Å². The molecule has 4 heteroatoms. The van der Waals surface area contributed by atoms with Crippen molar-refractivity contribution >= 4 is 10.9 Å². The lowest BCUT2D eigenvalue weighted by Crippen LogP contribution is -2.16. The molecule has 4 rings (SSSR count). The van der Waals surface area contributed by atoms with Crippen LogP contribution in [0.25, 0.3) is 10.9 Å². The predicted molar refractivity (Wildman–Crippen MR) is 112 cm³/mol. The van der Waals surface area contributed by atoms with Crippen LogP contribution in [0.1, 0.15) is 55.9 Å². The molecule has 1 aliphatic carbocycles. The van der Waals surface area contributed by atoms with Gasteiger partial charge in [-0.3, -0.25) is 4.84 Å². The number of hydrogen-bond donors (Lipinski definition) is 1. The largest absolute Gasteiger partial charge is 0.487 e. The summed E-state index contributed by atoms with van der Waals surface area (Å²) < 4.78 is 5.92. The molecule has 0 spiro atoms. The van der Waals surface area contributed by atoms with Crippen LogP contribution in [0.4, 0.5) is 0 Å². The van der Waals surface area contributed by atoms with E-state index in [1.807, 2.05) is 36.4 Å². The van der Waals surface area contributed by atoms with Crippen molar-refractivity contribution in [3.05, 3.63) is 71.9 Å². The number of rotatable bonds is 7. The number of ether oxygens (including phenoxy) is 1. The molecule has 1 aliphatic rings. The number of hydrogen-bond acceptors (Lipinski definition) is 4. The molecule has 0 amide bonds. The second-order valence-electron chi connectivity index (χ2n) is 7.72. The van der Waals surface area contributed by atoms with Crippen molar-refractivity contribution in [2.45, 2.75) is 51.2 Å². The number of aromatic nitrogens is 1. The van der Waals surface area contributed by atoms with Gasteiger partial charge in [0.1, 0.15) is 18.5 Å². The Bertz CT molecular complexity index is 889. The van der Waals surface area contributed by atoms with Crippen molar-refractivity contribution in [1.82, 2.24) is 4.98 Å². The third kappa shape index (κ3) is 4.70. The molecule has 1 aromatic heterocycles. The summed E-state index contributed by atoms with van der Waals surface area (Å²) in [5, 5.41) is 1.14. The zero-order valence-corrected chi connectivity index (χ0v) is 16.2. The van der Waals surface area contributed by atoms with Crippen molar-refractivity contribution in [2.75, 3.05) is 0 Å². The number of benzene rings is 2. The SMILES string of the molecule is NOC(CC1CCCCC1)c1ccc(OCc2ccc3ccccc3n2)cc1. The quantitative estimate of drug-likeness (QED) is 0.536. The number of para-hydroxylation sites is 1. The van der Waals surface area contributed by atoms with Gasteiger partial charge in [0.05, 0.1) is 11.2 Å². The summed E-state index contributed by atoms with van der Waals surface area (Å²) in [7, 11) is 0. The summed E-state index contributed by atoms with van der Waals surface area (Å²) >= 11 is 0. The Hall–Kier alpha value is -2.43. The molecule has 1 unspecified atom stereocenters. The minimum absolute atomic E-state index is 0.0423. The maximum atomic E-state index is 5.92. The summed E-state index contributed by atoms with van der Waals surface area (Å²) in [4.78, 5) is 9.95. The Morgan fingerprint density at radius 1 is 0.929 bits per heavy atom. The van der Waals surface area contributed by atoms with E-state index < -0.39 is 0 Å². The maximum Gasteiger partial charge on any atom is 0.130 e. The van der Waals surface area contributed by atoms with E-state index in [9.17, 15) is 0 Å². The van der Waals surface area contributed by atoms with Gasteiger partial charge in [-0.15, -0.1) is 0 Å². The fourth-order valence-electron chi connectivity index (χ4n) is 4.12. The molecular weight excluding hydrogens is 348 g/mol. The van der Waals surface area contributed by atoms with Gasteiger partial charge in [0.25, 0.3) is 0 Å². The molecular formula is C24H28N2O2. The topological polar surface area (TPSA) is 57.4 Å². The number of nitrogens with two attached hydrogens (primary N) is 1. The van der Waals surface area contributed by atoms with Crippen LogP contribution >= 0.6 is 0 Å². The molecule has 2 aromatic carbocycles. The van der Waals surface area contributed by atoms with Crippen molar-refractivity contribution in [2.24, 2.45) is 11.8 Å². The summed E-state index contributed by atoms with van der Waals surface area (Å²) in [5.41, 5.74) is 3.03. The highest BCUT2D eigenvalue weighted by Crippen LogP contribution is 2.33. The molecule has 3 aromatic rings. The van der Waals surface area contributed by atoms with Gasteiger partial charge in [-0.2, -0.15) is 0 Å². The first kappa shape index (κ1) is 18.9. The van der Waals surface area contributed by atoms with Gasteiger partial charge >= 0.3 is 0 Å². The average molecular weight is 377 g/mol. The maximum absolute atomic E-state index is 5.92. The molecule has 1 fully saturated rings. The summed E-state index contributed by atoms with van der Waals surface area (Å²) in [6.07, 6.45) is 7.56. The molecule has 0 aliphatic heterocycles. The highest BCUT2D eigenvalue weighted by Gasteiger charge is 2.20. The van der Waals surface area contributed by atoms with Crippen LogP contribution in [0.15, 0.2) is 60.7 Å². The molecule has 2 N–H and O–H groups in total. The highest BCUT2D eigenvalue weighted by atomic mass is 16.6. The molecule has 146 valence electrons. The summed E-state index contributed by atoms with van der Waals surface area (Å²) in [6, 6.07) is 20.3. The van der Waals surface area contributed by atoms with Crippen molar-refractivity contribution in [3.63, 3.8) is 0 Å². The Labute approximate surface area is 166 Å². The molecule has 1 saturated carbocycles. The van der Waals surface area contributed by atoms with Gasteiger partial charge < -0.3 is 4.74 Å².